The van der Waals surface area contributed by atoms with Gasteiger partial charge in [-0.25, -0.2) is 4.39 Å². The lowest BCUT2D eigenvalue weighted by Gasteiger charge is -2.08. The van der Waals surface area contributed by atoms with Crippen LogP contribution in [0.5, 0.6) is 0 Å². The molecule has 0 spiro atoms. The van der Waals surface area contributed by atoms with Crippen LogP contribution in [0.2, 0.25) is 5.02 Å². The Bertz CT molecular complexity index is 899. The monoisotopic (exact) mass is 385 g/mol. The van der Waals surface area contributed by atoms with Crippen molar-refractivity contribution >= 4 is 35.0 Å². The molecule has 0 aromatic heterocycles. The van der Waals surface area contributed by atoms with Gasteiger partial charge in [0.2, 0.25) is 5.91 Å². The average molecular weight is 386 g/mol. The molecule has 0 atom stereocenters. The molecule has 0 saturated carbocycles. The van der Waals surface area contributed by atoms with Crippen molar-refractivity contribution in [3.05, 3.63) is 94.8 Å². The number of rotatable bonds is 6. The molecule has 0 radical (unpaired) electrons. The van der Waals surface area contributed by atoms with Crippen LogP contribution >= 0.6 is 23.4 Å². The van der Waals surface area contributed by atoms with Gasteiger partial charge in [0.1, 0.15) is 5.82 Å². The predicted molar refractivity (Wildman–Crippen MR) is 106 cm³/mol. The first-order chi connectivity index (χ1) is 12.6. The van der Waals surface area contributed by atoms with E-state index in [-0.39, 0.29) is 18.1 Å². The van der Waals surface area contributed by atoms with E-state index in [9.17, 15) is 9.18 Å². The Balaban J connectivity index is 1.59. The van der Waals surface area contributed by atoms with Crippen LogP contribution in [-0.4, -0.2) is 5.91 Å². The van der Waals surface area contributed by atoms with Gasteiger partial charge in [0.15, 0.2) is 0 Å². The molecule has 0 aliphatic heterocycles. The summed E-state index contributed by atoms with van der Waals surface area (Å²) < 4.78 is 13.7. The predicted octanol–water partition coefficient (Wildman–Crippen LogP) is 5.95. The summed E-state index contributed by atoms with van der Waals surface area (Å²) in [5.41, 5.74) is 2.29. The van der Waals surface area contributed by atoms with E-state index in [1.165, 1.54) is 17.8 Å². The summed E-state index contributed by atoms with van der Waals surface area (Å²) in [4.78, 5) is 13.2. The second-order valence-corrected chi connectivity index (χ2v) is 7.24. The van der Waals surface area contributed by atoms with Crippen LogP contribution in [0.1, 0.15) is 11.1 Å². The van der Waals surface area contributed by atoms with Crippen molar-refractivity contribution in [3.8, 4) is 0 Å². The standard InChI is InChI=1S/C21H17ClFNOS/c22-17-10-8-15(9-11-17)12-21(25)24-18-5-3-6-19(13-18)26-14-16-4-1-2-7-20(16)23/h1-11,13H,12,14H2,(H,24,25). The zero-order chi connectivity index (χ0) is 18.4. The molecular weight excluding hydrogens is 369 g/mol. The van der Waals surface area contributed by atoms with Gasteiger partial charge in [-0.2, -0.15) is 0 Å². The molecule has 26 heavy (non-hydrogen) atoms. The van der Waals surface area contributed by atoms with E-state index in [4.69, 9.17) is 11.6 Å². The molecule has 0 bridgehead atoms. The van der Waals surface area contributed by atoms with Crippen molar-refractivity contribution in [1.29, 1.82) is 0 Å². The van der Waals surface area contributed by atoms with Gasteiger partial charge < -0.3 is 5.32 Å². The van der Waals surface area contributed by atoms with Gasteiger partial charge in [0.25, 0.3) is 0 Å². The second-order valence-electron chi connectivity index (χ2n) is 5.76. The molecule has 3 rings (SSSR count). The van der Waals surface area contributed by atoms with Crippen LogP contribution in [-0.2, 0) is 17.0 Å². The minimum Gasteiger partial charge on any atom is -0.326 e. The number of benzene rings is 3. The van der Waals surface area contributed by atoms with E-state index in [1.54, 1.807) is 24.3 Å². The van der Waals surface area contributed by atoms with E-state index in [0.29, 0.717) is 16.3 Å². The highest BCUT2D eigenvalue weighted by molar-refractivity contribution is 7.98. The van der Waals surface area contributed by atoms with Crippen LogP contribution in [0.3, 0.4) is 0 Å². The number of nitrogens with one attached hydrogen (secondary N) is 1. The minimum absolute atomic E-state index is 0.0939. The van der Waals surface area contributed by atoms with Gasteiger partial charge in [0, 0.05) is 21.4 Å². The fraction of sp³-hybridized carbons (Fsp3) is 0.0952. The molecule has 2 nitrogen and oxygen atoms in total. The van der Waals surface area contributed by atoms with Crippen molar-refractivity contribution in [2.45, 2.75) is 17.1 Å². The van der Waals surface area contributed by atoms with Crippen LogP contribution < -0.4 is 5.32 Å². The molecule has 132 valence electrons. The SMILES string of the molecule is O=C(Cc1ccc(Cl)cc1)Nc1cccc(SCc2ccccc2F)c1. The first kappa shape index (κ1) is 18.5. The smallest absolute Gasteiger partial charge is 0.228 e. The van der Waals surface area contributed by atoms with E-state index in [0.717, 1.165) is 16.1 Å². The lowest BCUT2D eigenvalue weighted by molar-refractivity contribution is -0.115. The molecular formula is C21H17ClFNOS. The highest BCUT2D eigenvalue weighted by atomic mass is 35.5. The first-order valence-corrected chi connectivity index (χ1v) is 9.47. The highest BCUT2D eigenvalue weighted by Crippen LogP contribution is 2.26. The summed E-state index contributed by atoms with van der Waals surface area (Å²) in [5, 5.41) is 3.54. The van der Waals surface area contributed by atoms with Gasteiger partial charge in [-0.15, -0.1) is 11.8 Å². The Kier molecular flexibility index (Phi) is 6.31. The average Bonchev–Trinajstić information content (AvgIpc) is 2.63. The number of hydrogen-bond donors (Lipinski definition) is 1. The van der Waals surface area contributed by atoms with Crippen molar-refractivity contribution in [2.75, 3.05) is 5.32 Å². The number of anilines is 1. The van der Waals surface area contributed by atoms with E-state index in [2.05, 4.69) is 5.32 Å². The Labute approximate surface area is 161 Å². The number of hydrogen-bond acceptors (Lipinski definition) is 2. The second kappa shape index (κ2) is 8.88. The van der Waals surface area contributed by atoms with Crippen molar-refractivity contribution in [2.24, 2.45) is 0 Å². The summed E-state index contributed by atoms with van der Waals surface area (Å²) >= 11 is 7.38. The van der Waals surface area contributed by atoms with Gasteiger partial charge >= 0.3 is 0 Å². The molecule has 1 amide bonds. The lowest BCUT2D eigenvalue weighted by atomic mass is 10.1. The Morgan fingerprint density at radius 2 is 1.77 bits per heavy atom. The van der Waals surface area contributed by atoms with Crippen molar-refractivity contribution in [3.63, 3.8) is 0 Å². The van der Waals surface area contributed by atoms with Gasteiger partial charge in [0.05, 0.1) is 6.42 Å². The normalized spacial score (nSPS) is 10.5. The number of carbonyl (C=O) groups is 1. The summed E-state index contributed by atoms with van der Waals surface area (Å²) in [5.74, 6) is 0.241. The zero-order valence-electron chi connectivity index (χ0n) is 13.9. The number of thioether (sulfide) groups is 1. The summed E-state index contributed by atoms with van der Waals surface area (Å²) in [6, 6.07) is 21.5. The van der Waals surface area contributed by atoms with Crippen LogP contribution in [0, 0.1) is 5.82 Å². The lowest BCUT2D eigenvalue weighted by Crippen LogP contribution is -2.14. The van der Waals surface area contributed by atoms with E-state index >= 15 is 0 Å². The number of amides is 1. The van der Waals surface area contributed by atoms with Gasteiger partial charge in [-0.3, -0.25) is 4.79 Å². The maximum absolute atomic E-state index is 13.7. The Hall–Kier alpha value is -2.30. The van der Waals surface area contributed by atoms with Crippen molar-refractivity contribution in [1.82, 2.24) is 0 Å². The maximum Gasteiger partial charge on any atom is 0.228 e. The molecule has 5 heteroatoms. The van der Waals surface area contributed by atoms with Gasteiger partial charge in [-0.1, -0.05) is 48.0 Å². The minimum atomic E-state index is -0.201. The molecule has 0 fully saturated rings. The molecule has 0 aliphatic rings. The molecule has 0 unspecified atom stereocenters. The molecule has 3 aromatic carbocycles. The van der Waals surface area contributed by atoms with E-state index < -0.39 is 0 Å². The molecule has 0 heterocycles. The maximum atomic E-state index is 13.7. The third-order valence-corrected chi connectivity index (χ3v) is 5.04. The Morgan fingerprint density at radius 1 is 1.00 bits per heavy atom. The van der Waals surface area contributed by atoms with Crippen LogP contribution in [0.15, 0.2) is 77.7 Å². The van der Waals surface area contributed by atoms with Crippen LogP contribution in [0.25, 0.3) is 0 Å². The highest BCUT2D eigenvalue weighted by Gasteiger charge is 2.06. The zero-order valence-corrected chi connectivity index (χ0v) is 15.5. The topological polar surface area (TPSA) is 29.1 Å². The third-order valence-electron chi connectivity index (χ3n) is 3.75. The Morgan fingerprint density at radius 3 is 2.54 bits per heavy atom. The fourth-order valence-corrected chi connectivity index (χ4v) is 3.50. The molecule has 3 aromatic rings. The first-order valence-electron chi connectivity index (χ1n) is 8.11. The summed E-state index contributed by atoms with van der Waals surface area (Å²) in [6.07, 6.45) is 0.282. The number of carbonyl (C=O) groups excluding carboxylic acids is 1. The molecule has 0 aliphatic carbocycles. The molecule has 1 N–H and O–H groups in total. The quantitative estimate of drug-likeness (QED) is 0.531. The molecule has 0 saturated heterocycles. The fourth-order valence-electron chi connectivity index (χ4n) is 2.43. The van der Waals surface area contributed by atoms with Gasteiger partial charge in [-0.05, 0) is 47.5 Å². The van der Waals surface area contributed by atoms with E-state index in [1.807, 2.05) is 42.5 Å². The third kappa shape index (κ3) is 5.35. The largest absolute Gasteiger partial charge is 0.326 e. The summed E-state index contributed by atoms with van der Waals surface area (Å²) in [7, 11) is 0. The van der Waals surface area contributed by atoms with Crippen molar-refractivity contribution < 1.29 is 9.18 Å². The number of halogens is 2. The summed E-state index contributed by atoms with van der Waals surface area (Å²) in [6.45, 7) is 0. The van der Waals surface area contributed by atoms with Crippen LogP contribution in [0.4, 0.5) is 10.1 Å².